The summed E-state index contributed by atoms with van der Waals surface area (Å²) in [5.41, 5.74) is 0.893. The molecule has 0 unspecified atom stereocenters. The van der Waals surface area contributed by atoms with Gasteiger partial charge in [0.15, 0.2) is 0 Å². The first-order valence-electron chi connectivity index (χ1n) is 4.04. The molecule has 1 aromatic heterocycles. The van der Waals surface area contributed by atoms with Crippen molar-refractivity contribution in [2.24, 2.45) is 0 Å². The minimum Gasteiger partial charge on any atom is -0.508 e. The average Bonchev–Trinajstić information content (AvgIpc) is 2.59. The predicted molar refractivity (Wildman–Crippen MR) is 55.2 cm³/mol. The SMILES string of the molecule is Cc1c(O)cc(C(=O)O)c2ccsc12. The molecule has 0 spiro atoms. The summed E-state index contributed by atoms with van der Waals surface area (Å²) in [4.78, 5) is 10.9. The maximum atomic E-state index is 10.9. The number of aromatic hydroxyl groups is 1. The molecule has 3 nitrogen and oxygen atoms in total. The van der Waals surface area contributed by atoms with E-state index in [-0.39, 0.29) is 11.3 Å². The standard InChI is InChI=1S/C10H8O3S/c1-5-8(11)4-7(10(12)13)6-2-3-14-9(5)6/h2-4,11H,1H3,(H,12,13). The predicted octanol–water partition coefficient (Wildman–Crippen LogP) is 2.61. The first kappa shape index (κ1) is 9.02. The molecule has 0 amide bonds. The number of phenols is 1. The quantitative estimate of drug-likeness (QED) is 0.757. The van der Waals surface area contributed by atoms with Gasteiger partial charge in [-0.3, -0.25) is 0 Å². The zero-order valence-corrected chi connectivity index (χ0v) is 8.26. The van der Waals surface area contributed by atoms with Crippen molar-refractivity contribution in [3.05, 3.63) is 28.6 Å². The Kier molecular flexibility index (Phi) is 1.93. The Bertz CT molecular complexity index is 513. The summed E-state index contributed by atoms with van der Waals surface area (Å²) in [5, 5.41) is 20.9. The van der Waals surface area contributed by atoms with Gasteiger partial charge in [0.05, 0.1) is 5.56 Å². The maximum absolute atomic E-state index is 10.9. The largest absolute Gasteiger partial charge is 0.508 e. The van der Waals surface area contributed by atoms with Crippen LogP contribution in [0, 0.1) is 6.92 Å². The van der Waals surface area contributed by atoms with Crippen molar-refractivity contribution in [2.75, 3.05) is 0 Å². The molecule has 2 aromatic rings. The van der Waals surface area contributed by atoms with Gasteiger partial charge in [0.2, 0.25) is 0 Å². The first-order valence-corrected chi connectivity index (χ1v) is 4.92. The number of phenolic OH excluding ortho intramolecular Hbond substituents is 1. The van der Waals surface area contributed by atoms with Crippen LogP contribution >= 0.6 is 11.3 Å². The van der Waals surface area contributed by atoms with Crippen molar-refractivity contribution in [3.63, 3.8) is 0 Å². The third-order valence-corrected chi connectivity index (χ3v) is 3.23. The van der Waals surface area contributed by atoms with Crippen LogP contribution in [-0.4, -0.2) is 16.2 Å². The highest BCUT2D eigenvalue weighted by atomic mass is 32.1. The molecule has 0 aliphatic heterocycles. The third-order valence-electron chi connectivity index (χ3n) is 2.19. The minimum absolute atomic E-state index is 0.0392. The zero-order valence-electron chi connectivity index (χ0n) is 7.44. The monoisotopic (exact) mass is 208 g/mol. The van der Waals surface area contributed by atoms with E-state index in [1.165, 1.54) is 17.4 Å². The van der Waals surface area contributed by atoms with Gasteiger partial charge in [0, 0.05) is 15.6 Å². The molecule has 0 bridgehead atoms. The molecule has 0 saturated heterocycles. The van der Waals surface area contributed by atoms with E-state index in [1.807, 2.05) is 5.38 Å². The van der Waals surface area contributed by atoms with Crippen molar-refractivity contribution < 1.29 is 15.0 Å². The Hall–Kier alpha value is -1.55. The number of hydrogen-bond acceptors (Lipinski definition) is 3. The van der Waals surface area contributed by atoms with Gasteiger partial charge < -0.3 is 10.2 Å². The van der Waals surface area contributed by atoms with Crippen molar-refractivity contribution in [2.45, 2.75) is 6.92 Å². The first-order chi connectivity index (χ1) is 6.61. The third kappa shape index (κ3) is 1.15. The highest BCUT2D eigenvalue weighted by molar-refractivity contribution is 7.17. The zero-order chi connectivity index (χ0) is 10.3. The Morgan fingerprint density at radius 1 is 1.50 bits per heavy atom. The highest BCUT2D eigenvalue weighted by Crippen LogP contribution is 2.33. The lowest BCUT2D eigenvalue weighted by atomic mass is 10.1. The van der Waals surface area contributed by atoms with Gasteiger partial charge in [-0.15, -0.1) is 11.3 Å². The lowest BCUT2D eigenvalue weighted by Gasteiger charge is -2.03. The summed E-state index contributed by atoms with van der Waals surface area (Å²) in [7, 11) is 0. The molecule has 1 heterocycles. The van der Waals surface area contributed by atoms with E-state index in [4.69, 9.17) is 5.11 Å². The van der Waals surface area contributed by atoms with E-state index < -0.39 is 5.97 Å². The number of carboxylic acid groups (broad SMARTS) is 1. The van der Waals surface area contributed by atoms with E-state index in [2.05, 4.69) is 0 Å². The molecule has 2 N–H and O–H groups in total. The molecular formula is C10H8O3S. The Balaban J connectivity index is 2.91. The van der Waals surface area contributed by atoms with Crippen LogP contribution in [0.15, 0.2) is 17.5 Å². The van der Waals surface area contributed by atoms with Gasteiger partial charge in [0.25, 0.3) is 0 Å². The van der Waals surface area contributed by atoms with E-state index in [1.54, 1.807) is 13.0 Å². The molecule has 0 fully saturated rings. The number of thiophene rings is 1. The number of benzene rings is 1. The molecule has 1 aromatic carbocycles. The summed E-state index contributed by atoms with van der Waals surface area (Å²) in [6, 6.07) is 3.06. The number of aromatic carboxylic acids is 1. The van der Waals surface area contributed by atoms with Crippen LogP contribution in [0.5, 0.6) is 5.75 Å². The van der Waals surface area contributed by atoms with Crippen molar-refractivity contribution >= 4 is 27.4 Å². The van der Waals surface area contributed by atoms with Crippen molar-refractivity contribution in [3.8, 4) is 5.75 Å². The Labute approximate surface area is 84.2 Å². The van der Waals surface area contributed by atoms with Crippen LogP contribution in [0.25, 0.3) is 10.1 Å². The number of fused-ring (bicyclic) bond motifs is 1. The number of rotatable bonds is 1. The molecule has 72 valence electrons. The van der Waals surface area contributed by atoms with E-state index in [0.29, 0.717) is 5.39 Å². The number of carboxylic acids is 1. The molecule has 0 aliphatic rings. The van der Waals surface area contributed by atoms with Crippen LogP contribution in [0.3, 0.4) is 0 Å². The van der Waals surface area contributed by atoms with Crippen LogP contribution < -0.4 is 0 Å². The molecule has 0 saturated carbocycles. The van der Waals surface area contributed by atoms with Gasteiger partial charge in [-0.25, -0.2) is 4.79 Å². The second-order valence-corrected chi connectivity index (χ2v) is 3.95. The van der Waals surface area contributed by atoms with E-state index in [9.17, 15) is 9.90 Å². The molecular weight excluding hydrogens is 200 g/mol. The summed E-state index contributed by atoms with van der Waals surface area (Å²) >= 11 is 1.44. The van der Waals surface area contributed by atoms with Gasteiger partial charge in [-0.2, -0.15) is 0 Å². The molecule has 0 atom stereocenters. The average molecular weight is 208 g/mol. The smallest absolute Gasteiger partial charge is 0.336 e. The summed E-state index contributed by atoms with van der Waals surface area (Å²) in [6.07, 6.45) is 0. The number of aryl methyl sites for hydroxylation is 1. The van der Waals surface area contributed by atoms with Crippen molar-refractivity contribution in [1.82, 2.24) is 0 Å². The maximum Gasteiger partial charge on any atom is 0.336 e. The number of hydrogen-bond donors (Lipinski definition) is 2. The normalized spacial score (nSPS) is 10.6. The molecule has 4 heteroatoms. The van der Waals surface area contributed by atoms with Crippen LogP contribution in [0.4, 0.5) is 0 Å². The van der Waals surface area contributed by atoms with Crippen LogP contribution in [0.2, 0.25) is 0 Å². The lowest BCUT2D eigenvalue weighted by Crippen LogP contribution is -1.97. The Morgan fingerprint density at radius 2 is 2.21 bits per heavy atom. The van der Waals surface area contributed by atoms with Crippen molar-refractivity contribution in [1.29, 1.82) is 0 Å². The highest BCUT2D eigenvalue weighted by Gasteiger charge is 2.13. The lowest BCUT2D eigenvalue weighted by molar-refractivity contribution is 0.0698. The topological polar surface area (TPSA) is 57.5 Å². The molecule has 14 heavy (non-hydrogen) atoms. The Morgan fingerprint density at radius 3 is 2.86 bits per heavy atom. The minimum atomic E-state index is -1.01. The fraction of sp³-hybridized carbons (Fsp3) is 0.100. The second-order valence-electron chi connectivity index (χ2n) is 3.04. The summed E-state index contributed by atoms with van der Waals surface area (Å²) in [5.74, 6) is -0.971. The van der Waals surface area contributed by atoms with E-state index in [0.717, 1.165) is 10.3 Å². The van der Waals surface area contributed by atoms with E-state index >= 15 is 0 Å². The summed E-state index contributed by atoms with van der Waals surface area (Å²) in [6.45, 7) is 1.78. The van der Waals surface area contributed by atoms with Gasteiger partial charge in [-0.05, 0) is 24.4 Å². The van der Waals surface area contributed by atoms with Crippen LogP contribution in [0.1, 0.15) is 15.9 Å². The number of carbonyl (C=O) groups is 1. The second kappa shape index (κ2) is 2.99. The molecule has 0 aliphatic carbocycles. The fourth-order valence-electron chi connectivity index (χ4n) is 1.43. The molecule has 2 rings (SSSR count). The van der Waals surface area contributed by atoms with Gasteiger partial charge >= 0.3 is 5.97 Å². The van der Waals surface area contributed by atoms with Gasteiger partial charge in [0.1, 0.15) is 5.75 Å². The van der Waals surface area contributed by atoms with Crippen LogP contribution in [-0.2, 0) is 0 Å². The van der Waals surface area contributed by atoms with Gasteiger partial charge in [-0.1, -0.05) is 0 Å². The summed E-state index contributed by atoms with van der Waals surface area (Å²) < 4.78 is 0.836. The molecule has 0 radical (unpaired) electrons. The fourth-order valence-corrected chi connectivity index (χ4v) is 2.35.